The van der Waals surface area contributed by atoms with Crippen LogP contribution < -0.4 is 16.2 Å². The number of rotatable bonds is 10. The highest BCUT2D eigenvalue weighted by Gasteiger charge is 2.11. The van der Waals surface area contributed by atoms with Gasteiger partial charge in [-0.2, -0.15) is 5.26 Å². The SMILES string of the molecule is CCOCc1nc(NN)cc(N(CCC#N)CCOC)n1. The normalized spacial score (nSPS) is 10.2. The lowest BCUT2D eigenvalue weighted by Crippen LogP contribution is -2.29. The molecule has 0 atom stereocenters. The van der Waals surface area contributed by atoms with Crippen LogP contribution in [0.5, 0.6) is 0 Å². The van der Waals surface area contributed by atoms with E-state index in [0.717, 1.165) is 0 Å². The van der Waals surface area contributed by atoms with Gasteiger partial charge < -0.3 is 19.8 Å². The van der Waals surface area contributed by atoms with Gasteiger partial charge in [0, 0.05) is 32.9 Å². The van der Waals surface area contributed by atoms with Crippen LogP contribution in [-0.2, 0) is 16.1 Å². The number of nitrogens with zero attached hydrogens (tertiary/aromatic N) is 4. The lowest BCUT2D eigenvalue weighted by atomic mass is 10.3. The Labute approximate surface area is 124 Å². The van der Waals surface area contributed by atoms with Crippen LogP contribution >= 0.6 is 0 Å². The molecule has 1 aromatic heterocycles. The quantitative estimate of drug-likeness (QED) is 0.478. The second kappa shape index (κ2) is 9.88. The van der Waals surface area contributed by atoms with Gasteiger partial charge in [-0.3, -0.25) is 0 Å². The molecule has 8 nitrogen and oxygen atoms in total. The van der Waals surface area contributed by atoms with Crippen molar-refractivity contribution in [2.75, 3.05) is 43.7 Å². The summed E-state index contributed by atoms with van der Waals surface area (Å²) in [6.45, 7) is 4.55. The highest BCUT2D eigenvalue weighted by Crippen LogP contribution is 2.16. The molecule has 0 aliphatic heterocycles. The molecule has 0 fully saturated rings. The fourth-order valence-corrected chi connectivity index (χ4v) is 1.70. The van der Waals surface area contributed by atoms with Gasteiger partial charge in [0.2, 0.25) is 0 Å². The van der Waals surface area contributed by atoms with E-state index in [2.05, 4.69) is 21.5 Å². The Balaban J connectivity index is 2.95. The minimum Gasteiger partial charge on any atom is -0.383 e. The molecule has 3 N–H and O–H groups in total. The van der Waals surface area contributed by atoms with Crippen LogP contribution in [-0.4, -0.2) is 43.4 Å². The van der Waals surface area contributed by atoms with Crippen LogP contribution in [0, 0.1) is 11.3 Å². The summed E-state index contributed by atoms with van der Waals surface area (Å²) in [5, 5.41) is 8.77. The van der Waals surface area contributed by atoms with E-state index in [4.69, 9.17) is 20.6 Å². The van der Waals surface area contributed by atoms with E-state index >= 15 is 0 Å². The van der Waals surface area contributed by atoms with E-state index in [1.807, 2.05) is 11.8 Å². The molecule has 0 saturated heterocycles. The van der Waals surface area contributed by atoms with Crippen LogP contribution in [0.3, 0.4) is 0 Å². The molecular weight excluding hydrogens is 272 g/mol. The zero-order valence-electron chi connectivity index (χ0n) is 12.5. The highest BCUT2D eigenvalue weighted by molar-refractivity contribution is 5.49. The topological polar surface area (TPSA) is 109 Å². The molecule has 0 aliphatic rings. The summed E-state index contributed by atoms with van der Waals surface area (Å²) in [5.41, 5.74) is 2.52. The number of hydrogen-bond donors (Lipinski definition) is 2. The second-order valence-electron chi connectivity index (χ2n) is 4.20. The Bertz CT molecular complexity index is 462. The van der Waals surface area contributed by atoms with Crippen molar-refractivity contribution < 1.29 is 9.47 Å². The number of hydrazine groups is 1. The maximum absolute atomic E-state index is 8.77. The van der Waals surface area contributed by atoms with Crippen molar-refractivity contribution in [2.24, 2.45) is 5.84 Å². The van der Waals surface area contributed by atoms with Crippen LogP contribution in [0.2, 0.25) is 0 Å². The van der Waals surface area contributed by atoms with E-state index in [-0.39, 0.29) is 0 Å². The number of nitrogens with two attached hydrogens (primary N) is 1. The van der Waals surface area contributed by atoms with E-state index in [9.17, 15) is 0 Å². The molecule has 8 heteroatoms. The third-order valence-corrected chi connectivity index (χ3v) is 2.72. The maximum atomic E-state index is 8.77. The predicted octanol–water partition coefficient (Wildman–Crippen LogP) is 0.665. The lowest BCUT2D eigenvalue weighted by molar-refractivity contribution is 0.128. The first-order valence-electron chi connectivity index (χ1n) is 6.78. The number of nitrogen functional groups attached to an aromatic ring is 1. The van der Waals surface area contributed by atoms with Crippen molar-refractivity contribution in [3.05, 3.63) is 11.9 Å². The third-order valence-electron chi connectivity index (χ3n) is 2.72. The Hall–Kier alpha value is -1.95. The molecule has 1 aromatic rings. The van der Waals surface area contributed by atoms with Crippen molar-refractivity contribution >= 4 is 11.6 Å². The molecule has 21 heavy (non-hydrogen) atoms. The van der Waals surface area contributed by atoms with E-state index in [1.54, 1.807) is 13.2 Å². The van der Waals surface area contributed by atoms with Crippen LogP contribution in [0.1, 0.15) is 19.2 Å². The minimum atomic E-state index is 0.315. The largest absolute Gasteiger partial charge is 0.383 e. The van der Waals surface area contributed by atoms with Crippen molar-refractivity contribution in [1.82, 2.24) is 9.97 Å². The summed E-state index contributed by atoms with van der Waals surface area (Å²) in [4.78, 5) is 10.7. The van der Waals surface area contributed by atoms with Crippen molar-refractivity contribution in [1.29, 1.82) is 5.26 Å². The Morgan fingerprint density at radius 3 is 2.86 bits per heavy atom. The molecule has 0 radical (unpaired) electrons. The summed E-state index contributed by atoms with van der Waals surface area (Å²) in [6.07, 6.45) is 0.403. The average molecular weight is 294 g/mol. The van der Waals surface area contributed by atoms with Gasteiger partial charge in [-0.05, 0) is 6.92 Å². The van der Waals surface area contributed by atoms with Crippen LogP contribution in [0.25, 0.3) is 0 Å². The summed E-state index contributed by atoms with van der Waals surface area (Å²) in [7, 11) is 1.63. The standard InChI is InChI=1S/C13H22N6O2/c1-3-21-10-12-16-11(18-15)9-13(17-12)19(6-4-5-14)7-8-20-2/h9H,3-4,6-8,10,15H2,1-2H3,(H,16,17,18). The first-order valence-corrected chi connectivity index (χ1v) is 6.78. The highest BCUT2D eigenvalue weighted by atomic mass is 16.5. The second-order valence-corrected chi connectivity index (χ2v) is 4.20. The molecule has 1 rings (SSSR count). The van der Waals surface area contributed by atoms with Gasteiger partial charge in [0.05, 0.1) is 19.1 Å². The molecular formula is C13H22N6O2. The number of anilines is 2. The van der Waals surface area contributed by atoms with Crippen molar-refractivity contribution in [2.45, 2.75) is 20.0 Å². The molecule has 0 bridgehead atoms. The lowest BCUT2D eigenvalue weighted by Gasteiger charge is -2.23. The molecule has 0 aromatic carbocycles. The molecule has 0 amide bonds. The van der Waals surface area contributed by atoms with Crippen LogP contribution in [0.4, 0.5) is 11.6 Å². The summed E-state index contributed by atoms with van der Waals surface area (Å²) >= 11 is 0. The molecule has 116 valence electrons. The number of methoxy groups -OCH3 is 1. The number of ether oxygens (including phenoxy) is 2. The van der Waals surface area contributed by atoms with Gasteiger partial charge in [-0.1, -0.05) is 0 Å². The van der Waals surface area contributed by atoms with E-state index in [0.29, 0.717) is 56.8 Å². The number of nitriles is 1. The van der Waals surface area contributed by atoms with Crippen molar-refractivity contribution in [3.63, 3.8) is 0 Å². The fraction of sp³-hybridized carbons (Fsp3) is 0.615. The average Bonchev–Trinajstić information content (AvgIpc) is 2.52. The smallest absolute Gasteiger partial charge is 0.158 e. The first-order chi connectivity index (χ1) is 10.2. The van der Waals surface area contributed by atoms with Crippen LogP contribution in [0.15, 0.2) is 6.07 Å². The third kappa shape index (κ3) is 5.91. The zero-order valence-corrected chi connectivity index (χ0v) is 12.5. The summed E-state index contributed by atoms with van der Waals surface area (Å²) < 4.78 is 10.4. The Kier molecular flexibility index (Phi) is 8.04. The molecule has 1 heterocycles. The van der Waals surface area contributed by atoms with Gasteiger partial charge >= 0.3 is 0 Å². The van der Waals surface area contributed by atoms with Crippen molar-refractivity contribution in [3.8, 4) is 6.07 Å². The van der Waals surface area contributed by atoms with Gasteiger partial charge in [-0.25, -0.2) is 15.8 Å². The number of aromatic nitrogens is 2. The number of nitrogens with one attached hydrogen (secondary N) is 1. The minimum absolute atomic E-state index is 0.315. The van der Waals surface area contributed by atoms with Gasteiger partial charge in [0.1, 0.15) is 18.2 Å². The Morgan fingerprint density at radius 2 is 2.24 bits per heavy atom. The van der Waals surface area contributed by atoms with Gasteiger partial charge in [0.25, 0.3) is 0 Å². The summed E-state index contributed by atoms with van der Waals surface area (Å²) in [6, 6.07) is 3.87. The number of hydrogen-bond acceptors (Lipinski definition) is 8. The van der Waals surface area contributed by atoms with Gasteiger partial charge in [-0.15, -0.1) is 0 Å². The monoisotopic (exact) mass is 294 g/mol. The zero-order chi connectivity index (χ0) is 15.5. The van der Waals surface area contributed by atoms with Gasteiger partial charge in [0.15, 0.2) is 5.82 Å². The molecule has 0 unspecified atom stereocenters. The predicted molar refractivity (Wildman–Crippen MR) is 79.5 cm³/mol. The van der Waals surface area contributed by atoms with E-state index < -0.39 is 0 Å². The Morgan fingerprint density at radius 1 is 1.43 bits per heavy atom. The fourth-order valence-electron chi connectivity index (χ4n) is 1.70. The molecule has 0 saturated carbocycles. The first kappa shape index (κ1) is 17.1. The van der Waals surface area contributed by atoms with E-state index in [1.165, 1.54) is 0 Å². The maximum Gasteiger partial charge on any atom is 0.158 e. The molecule has 0 spiro atoms. The molecule has 0 aliphatic carbocycles. The summed E-state index contributed by atoms with van der Waals surface area (Å²) in [5.74, 6) is 7.19.